The lowest BCUT2D eigenvalue weighted by Gasteiger charge is -2.21. The second-order valence-corrected chi connectivity index (χ2v) is 12.5. The van der Waals surface area contributed by atoms with Crippen LogP contribution in [0.1, 0.15) is 46.2 Å². The molecule has 0 aliphatic carbocycles. The fourth-order valence-corrected chi connectivity index (χ4v) is 6.47. The van der Waals surface area contributed by atoms with E-state index >= 15 is 0 Å². The van der Waals surface area contributed by atoms with Crippen LogP contribution < -0.4 is 20.6 Å². The van der Waals surface area contributed by atoms with Gasteiger partial charge in [0.1, 0.15) is 6.61 Å². The molecule has 6 rings (SSSR count). The number of aromatic amines is 4. The number of hydrogen-bond acceptors (Lipinski definition) is 6. The molecule has 2 heterocycles. The van der Waals surface area contributed by atoms with Crippen molar-refractivity contribution in [2.24, 2.45) is 0 Å². The van der Waals surface area contributed by atoms with Gasteiger partial charge in [0.05, 0.1) is 37.6 Å². The molecule has 0 saturated heterocycles. The molecule has 0 fully saturated rings. The number of halogens is 1. The lowest BCUT2D eigenvalue weighted by atomic mass is 9.83. The van der Waals surface area contributed by atoms with E-state index in [2.05, 4.69) is 43.0 Å². The zero-order valence-corrected chi connectivity index (χ0v) is 28.5. The minimum absolute atomic E-state index is 0.00627. The van der Waals surface area contributed by atoms with Gasteiger partial charge < -0.3 is 9.47 Å². The highest BCUT2D eigenvalue weighted by molar-refractivity contribution is 14.1. The van der Waals surface area contributed by atoms with Crippen molar-refractivity contribution in [2.45, 2.75) is 33.3 Å². The van der Waals surface area contributed by atoms with Gasteiger partial charge in [-0.3, -0.25) is 40.1 Å². The molecule has 48 heavy (non-hydrogen) atoms. The summed E-state index contributed by atoms with van der Waals surface area (Å²) in [5.41, 5.74) is 6.22. The number of nitro groups is 1. The number of rotatable bonds is 11. The van der Waals surface area contributed by atoms with Crippen LogP contribution >= 0.6 is 22.6 Å². The van der Waals surface area contributed by atoms with Gasteiger partial charge in [0.2, 0.25) is 0 Å². The molecule has 12 heteroatoms. The van der Waals surface area contributed by atoms with Crippen molar-refractivity contribution in [3.63, 3.8) is 0 Å². The van der Waals surface area contributed by atoms with Crippen LogP contribution in [0.5, 0.6) is 11.5 Å². The normalized spacial score (nSPS) is 11.2. The molecule has 244 valence electrons. The van der Waals surface area contributed by atoms with Crippen LogP contribution in [0.2, 0.25) is 0 Å². The van der Waals surface area contributed by atoms with E-state index in [-0.39, 0.29) is 23.4 Å². The smallest absolute Gasteiger partial charge is 0.269 e. The number of non-ortho nitro benzene ring substituents is 1. The monoisotopic (exact) mass is 757 g/mol. The summed E-state index contributed by atoms with van der Waals surface area (Å²) < 4.78 is 13.0. The molecule has 0 spiro atoms. The molecule has 4 N–H and O–H groups in total. The summed E-state index contributed by atoms with van der Waals surface area (Å²) in [5, 5.41) is 22.7. The Morgan fingerprint density at radius 1 is 0.750 bits per heavy atom. The third kappa shape index (κ3) is 6.56. The minimum atomic E-state index is -0.834. The topological polar surface area (TPSA) is 159 Å². The average Bonchev–Trinajstić information content (AvgIpc) is 3.64. The SMILES string of the molecule is CCOc1cc(C(c2c(-c3ccc(C)cc3)[nH][nH]c2=O)c2c(-c3ccc(C)cc3)[nH][nH]c2=O)cc(I)c1OCc1ccc([N+](=O)[O-])cc1. The van der Waals surface area contributed by atoms with E-state index in [0.717, 1.165) is 27.8 Å². The number of aryl methyl sites for hydroxylation is 2. The maximum absolute atomic E-state index is 13.8. The first-order valence-corrected chi connectivity index (χ1v) is 16.3. The largest absolute Gasteiger partial charge is 0.490 e. The molecule has 0 radical (unpaired) electrons. The van der Waals surface area contributed by atoms with Gasteiger partial charge in [-0.1, -0.05) is 59.7 Å². The summed E-state index contributed by atoms with van der Waals surface area (Å²) >= 11 is 2.16. The quantitative estimate of drug-likeness (QED) is 0.0615. The maximum Gasteiger partial charge on any atom is 0.269 e. The predicted molar refractivity (Wildman–Crippen MR) is 192 cm³/mol. The third-order valence-electron chi connectivity index (χ3n) is 8.08. The second kappa shape index (κ2) is 13.8. The molecular weight excluding hydrogens is 725 g/mol. The molecule has 0 saturated carbocycles. The number of ether oxygens (including phenoxy) is 2. The minimum Gasteiger partial charge on any atom is -0.490 e. The highest BCUT2D eigenvalue weighted by Crippen LogP contribution is 2.43. The van der Waals surface area contributed by atoms with E-state index in [0.29, 0.717) is 49.8 Å². The predicted octanol–water partition coefficient (Wildman–Crippen LogP) is 7.34. The molecule has 0 amide bonds. The Labute approximate surface area is 288 Å². The molecule has 0 bridgehead atoms. The van der Waals surface area contributed by atoms with Crippen molar-refractivity contribution < 1.29 is 14.4 Å². The zero-order chi connectivity index (χ0) is 33.9. The van der Waals surface area contributed by atoms with Crippen LogP contribution in [-0.4, -0.2) is 31.9 Å². The molecule has 2 aromatic heterocycles. The zero-order valence-electron chi connectivity index (χ0n) is 26.3. The van der Waals surface area contributed by atoms with Crippen molar-refractivity contribution in [1.29, 1.82) is 0 Å². The van der Waals surface area contributed by atoms with Crippen LogP contribution in [0.15, 0.2) is 94.5 Å². The van der Waals surface area contributed by atoms with Crippen LogP contribution in [-0.2, 0) is 6.61 Å². The van der Waals surface area contributed by atoms with Gasteiger partial charge in [0, 0.05) is 18.1 Å². The average molecular weight is 758 g/mol. The van der Waals surface area contributed by atoms with Gasteiger partial charge >= 0.3 is 0 Å². The third-order valence-corrected chi connectivity index (χ3v) is 8.88. The highest BCUT2D eigenvalue weighted by atomic mass is 127. The van der Waals surface area contributed by atoms with Crippen LogP contribution in [0.3, 0.4) is 0 Å². The van der Waals surface area contributed by atoms with Gasteiger partial charge in [-0.25, -0.2) is 0 Å². The Kier molecular flexibility index (Phi) is 9.35. The van der Waals surface area contributed by atoms with E-state index in [1.54, 1.807) is 18.2 Å². The lowest BCUT2D eigenvalue weighted by molar-refractivity contribution is -0.384. The Bertz CT molecular complexity index is 2100. The van der Waals surface area contributed by atoms with Gasteiger partial charge in [-0.05, 0) is 89.9 Å². The van der Waals surface area contributed by atoms with E-state index in [1.165, 1.54) is 12.1 Å². The van der Waals surface area contributed by atoms with Gasteiger partial charge in [0.25, 0.3) is 16.8 Å². The fourth-order valence-electron chi connectivity index (χ4n) is 5.69. The first-order chi connectivity index (χ1) is 23.1. The Balaban J connectivity index is 1.52. The molecule has 0 aliphatic rings. The van der Waals surface area contributed by atoms with Crippen LogP contribution in [0, 0.1) is 27.5 Å². The summed E-state index contributed by atoms with van der Waals surface area (Å²) in [5.74, 6) is 0.0693. The van der Waals surface area contributed by atoms with Crippen molar-refractivity contribution in [2.75, 3.05) is 6.61 Å². The van der Waals surface area contributed by atoms with Crippen molar-refractivity contribution in [1.82, 2.24) is 20.4 Å². The van der Waals surface area contributed by atoms with E-state index in [4.69, 9.17) is 9.47 Å². The molecule has 0 aliphatic heterocycles. The van der Waals surface area contributed by atoms with Gasteiger partial charge in [-0.15, -0.1) is 0 Å². The Hall–Kier alpha value is -5.37. The maximum atomic E-state index is 13.8. The fraction of sp³-hybridized carbons (Fsp3) is 0.167. The molecule has 4 aromatic carbocycles. The summed E-state index contributed by atoms with van der Waals surface area (Å²) in [6.07, 6.45) is 0. The second-order valence-electron chi connectivity index (χ2n) is 11.4. The van der Waals surface area contributed by atoms with E-state index < -0.39 is 10.8 Å². The van der Waals surface area contributed by atoms with Crippen molar-refractivity contribution in [3.05, 3.63) is 153 Å². The first-order valence-electron chi connectivity index (χ1n) is 15.2. The highest BCUT2D eigenvalue weighted by Gasteiger charge is 2.32. The van der Waals surface area contributed by atoms with Crippen LogP contribution in [0.4, 0.5) is 5.69 Å². The number of benzene rings is 4. The summed E-state index contributed by atoms with van der Waals surface area (Å²) in [4.78, 5) is 38.2. The molecule has 0 unspecified atom stereocenters. The molecule has 0 atom stereocenters. The number of nitrogens with zero attached hydrogens (tertiary/aromatic N) is 1. The Morgan fingerprint density at radius 2 is 1.27 bits per heavy atom. The standard InChI is InChI=1S/C36H32IN5O6/c1-4-47-28-18-25(17-27(37)34(28)48-19-22-9-15-26(16-10-22)42(45)46)29(30-32(38-40-35(30)43)23-11-5-20(2)6-12-23)31-33(39-41-36(31)44)24-13-7-21(3)8-14-24/h5-18,29H,4,19H2,1-3H3,(H2,38,40,43)(H2,39,41,44). The number of hydrogen-bond donors (Lipinski definition) is 4. The van der Waals surface area contributed by atoms with Gasteiger partial charge in [-0.2, -0.15) is 0 Å². The first kappa shape index (κ1) is 32.6. The number of aromatic nitrogens is 4. The number of nitrogens with one attached hydrogen (secondary N) is 4. The van der Waals surface area contributed by atoms with Gasteiger partial charge in [0.15, 0.2) is 11.5 Å². The summed E-state index contributed by atoms with van der Waals surface area (Å²) in [7, 11) is 0. The number of H-pyrrole nitrogens is 4. The van der Waals surface area contributed by atoms with E-state index in [1.807, 2.05) is 75.4 Å². The van der Waals surface area contributed by atoms with E-state index in [9.17, 15) is 19.7 Å². The molecule has 6 aromatic rings. The lowest BCUT2D eigenvalue weighted by Crippen LogP contribution is -2.20. The summed E-state index contributed by atoms with van der Waals surface area (Å²) in [6.45, 7) is 6.31. The number of nitro benzene ring substituents is 1. The molecule has 11 nitrogen and oxygen atoms in total. The van der Waals surface area contributed by atoms with Crippen molar-refractivity contribution in [3.8, 4) is 34.0 Å². The molecular formula is C36H32IN5O6. The summed E-state index contributed by atoms with van der Waals surface area (Å²) in [6, 6.07) is 25.4. The Morgan fingerprint density at radius 3 is 1.75 bits per heavy atom. The van der Waals surface area contributed by atoms with Crippen molar-refractivity contribution >= 4 is 28.3 Å². The van der Waals surface area contributed by atoms with Crippen LogP contribution in [0.25, 0.3) is 22.5 Å².